The number of hydrogen-bond acceptors (Lipinski definition) is 8. The third kappa shape index (κ3) is 3.07. The fourth-order valence-electron chi connectivity index (χ4n) is 1.79. The molecule has 2 heterocycles. The van der Waals surface area contributed by atoms with Gasteiger partial charge < -0.3 is 15.1 Å². The van der Waals surface area contributed by atoms with Gasteiger partial charge in [0.05, 0.1) is 17.2 Å². The number of nitro groups is 1. The van der Waals surface area contributed by atoms with Gasteiger partial charge in [-0.15, -0.1) is 0 Å². The van der Waals surface area contributed by atoms with E-state index in [1.165, 1.54) is 0 Å². The van der Waals surface area contributed by atoms with Crippen LogP contribution in [-0.4, -0.2) is 26.9 Å². The molecule has 0 bridgehead atoms. The zero-order chi connectivity index (χ0) is 15.6. The minimum Gasteiger partial charge on any atom is -0.444 e. The second-order valence-electron chi connectivity index (χ2n) is 4.44. The van der Waals surface area contributed by atoms with Crippen LogP contribution in [-0.2, 0) is 6.54 Å². The molecule has 0 saturated carbocycles. The van der Waals surface area contributed by atoms with E-state index in [9.17, 15) is 10.1 Å². The normalized spacial score (nSPS) is 10.5. The Hall–Kier alpha value is -2.71. The monoisotopic (exact) mass is 292 g/mol. The van der Waals surface area contributed by atoms with E-state index in [1.54, 1.807) is 14.0 Å². The first-order chi connectivity index (χ1) is 9.92. The summed E-state index contributed by atoms with van der Waals surface area (Å²) in [6.07, 6.45) is 0. The Balaban J connectivity index is 2.29. The quantitative estimate of drug-likeness (QED) is 0.634. The average Bonchev–Trinajstić information content (AvgIpc) is 2.74. The van der Waals surface area contributed by atoms with E-state index in [2.05, 4.69) is 25.6 Å². The maximum Gasteiger partial charge on any atom is 0.332 e. The van der Waals surface area contributed by atoms with Crippen molar-refractivity contribution < 1.29 is 9.34 Å². The van der Waals surface area contributed by atoms with Crippen molar-refractivity contribution in [2.24, 2.45) is 0 Å². The highest BCUT2D eigenvalue weighted by atomic mass is 16.6. The summed E-state index contributed by atoms with van der Waals surface area (Å²) in [7, 11) is 1.64. The van der Waals surface area contributed by atoms with Crippen LogP contribution in [0.15, 0.2) is 4.42 Å². The highest BCUT2D eigenvalue weighted by Gasteiger charge is 2.22. The van der Waals surface area contributed by atoms with Crippen LogP contribution < -0.4 is 10.6 Å². The predicted octanol–water partition coefficient (Wildman–Crippen LogP) is 1.95. The van der Waals surface area contributed by atoms with E-state index in [-0.39, 0.29) is 23.7 Å². The first-order valence-electron chi connectivity index (χ1n) is 6.30. The molecule has 9 nitrogen and oxygen atoms in total. The lowest BCUT2D eigenvalue weighted by Crippen LogP contribution is -2.10. The van der Waals surface area contributed by atoms with Crippen molar-refractivity contribution in [2.75, 3.05) is 17.7 Å². The standard InChI is InChI=1S/C12H16N6O3/c1-6-8(3)21-9(15-6)5-14-11-10(18(19)20)7(2)16-12(13-4)17-11/h5H2,1-4H3,(H2,13,14,16,17). The van der Waals surface area contributed by atoms with Crippen molar-refractivity contribution in [3.05, 3.63) is 33.2 Å². The van der Waals surface area contributed by atoms with Gasteiger partial charge in [-0.2, -0.15) is 4.98 Å². The molecule has 21 heavy (non-hydrogen) atoms. The summed E-state index contributed by atoms with van der Waals surface area (Å²) >= 11 is 0. The van der Waals surface area contributed by atoms with Crippen LogP contribution in [0.1, 0.15) is 23.0 Å². The number of oxazole rings is 1. The molecule has 0 amide bonds. The zero-order valence-corrected chi connectivity index (χ0v) is 12.2. The lowest BCUT2D eigenvalue weighted by molar-refractivity contribution is -0.385. The minimum absolute atomic E-state index is 0.130. The number of rotatable bonds is 5. The molecule has 0 aromatic carbocycles. The molecule has 2 aromatic rings. The van der Waals surface area contributed by atoms with Crippen molar-refractivity contribution in [2.45, 2.75) is 27.3 Å². The van der Waals surface area contributed by atoms with Crippen molar-refractivity contribution in [3.8, 4) is 0 Å². The molecule has 2 aromatic heterocycles. The zero-order valence-electron chi connectivity index (χ0n) is 12.2. The Morgan fingerprint density at radius 3 is 2.43 bits per heavy atom. The summed E-state index contributed by atoms with van der Waals surface area (Å²) in [6.45, 7) is 5.40. The van der Waals surface area contributed by atoms with Gasteiger partial charge in [0.15, 0.2) is 0 Å². The van der Waals surface area contributed by atoms with E-state index >= 15 is 0 Å². The third-order valence-corrected chi connectivity index (χ3v) is 2.94. The molecule has 2 rings (SSSR count). The fraction of sp³-hybridized carbons (Fsp3) is 0.417. The summed E-state index contributed by atoms with van der Waals surface area (Å²) in [5.74, 6) is 1.60. The Morgan fingerprint density at radius 1 is 1.19 bits per heavy atom. The van der Waals surface area contributed by atoms with Gasteiger partial charge in [0, 0.05) is 7.05 Å². The van der Waals surface area contributed by atoms with Crippen molar-refractivity contribution in [1.82, 2.24) is 15.0 Å². The van der Waals surface area contributed by atoms with Crippen LogP contribution in [0.2, 0.25) is 0 Å². The van der Waals surface area contributed by atoms with Crippen molar-refractivity contribution in [3.63, 3.8) is 0 Å². The van der Waals surface area contributed by atoms with E-state index in [0.717, 1.165) is 11.5 Å². The van der Waals surface area contributed by atoms with Crippen LogP contribution in [0.4, 0.5) is 17.5 Å². The molecule has 0 unspecified atom stereocenters. The lowest BCUT2D eigenvalue weighted by Gasteiger charge is -2.08. The first-order valence-corrected chi connectivity index (χ1v) is 6.30. The maximum atomic E-state index is 11.1. The van der Waals surface area contributed by atoms with E-state index in [0.29, 0.717) is 11.8 Å². The van der Waals surface area contributed by atoms with Gasteiger partial charge in [-0.05, 0) is 20.8 Å². The molecule has 0 spiro atoms. The Labute approximate surface area is 121 Å². The molecule has 0 saturated heterocycles. The van der Waals surface area contributed by atoms with Gasteiger partial charge in [0.1, 0.15) is 11.5 Å². The number of hydrogen-bond donors (Lipinski definition) is 2. The topological polar surface area (TPSA) is 119 Å². The number of nitrogens with one attached hydrogen (secondary N) is 2. The Kier molecular flexibility index (Phi) is 4.01. The molecular formula is C12H16N6O3. The molecule has 9 heteroatoms. The minimum atomic E-state index is -0.511. The van der Waals surface area contributed by atoms with Crippen molar-refractivity contribution in [1.29, 1.82) is 0 Å². The van der Waals surface area contributed by atoms with Gasteiger partial charge in [0.25, 0.3) is 0 Å². The summed E-state index contributed by atoms with van der Waals surface area (Å²) in [4.78, 5) is 22.9. The summed E-state index contributed by atoms with van der Waals surface area (Å²) in [6, 6.07) is 0. The largest absolute Gasteiger partial charge is 0.444 e. The SMILES string of the molecule is CNc1nc(C)c([N+](=O)[O-])c(NCc2nc(C)c(C)o2)n1. The van der Waals surface area contributed by atoms with Crippen molar-refractivity contribution >= 4 is 17.5 Å². The smallest absolute Gasteiger partial charge is 0.332 e. The number of aromatic nitrogens is 3. The third-order valence-electron chi connectivity index (χ3n) is 2.94. The summed E-state index contributed by atoms with van der Waals surface area (Å²) in [5.41, 5.74) is 0.909. The number of anilines is 2. The predicted molar refractivity (Wildman–Crippen MR) is 76.3 cm³/mol. The van der Waals surface area contributed by atoms with E-state index in [1.807, 2.05) is 13.8 Å². The first kappa shape index (κ1) is 14.7. The Bertz CT molecular complexity index is 662. The lowest BCUT2D eigenvalue weighted by atomic mass is 10.3. The van der Waals surface area contributed by atoms with Gasteiger partial charge in [0.2, 0.25) is 17.7 Å². The maximum absolute atomic E-state index is 11.1. The van der Waals surface area contributed by atoms with Crippen LogP contribution in [0.3, 0.4) is 0 Å². The van der Waals surface area contributed by atoms with Gasteiger partial charge >= 0.3 is 5.69 Å². The molecule has 2 N–H and O–H groups in total. The van der Waals surface area contributed by atoms with Gasteiger partial charge in [-0.1, -0.05) is 0 Å². The molecule has 0 atom stereocenters. The number of nitrogens with zero attached hydrogens (tertiary/aromatic N) is 4. The second kappa shape index (κ2) is 5.73. The van der Waals surface area contributed by atoms with Crippen LogP contribution in [0.25, 0.3) is 0 Å². The van der Waals surface area contributed by atoms with Crippen LogP contribution in [0, 0.1) is 30.9 Å². The second-order valence-corrected chi connectivity index (χ2v) is 4.44. The summed E-state index contributed by atoms with van der Waals surface area (Å²) < 4.78 is 5.42. The van der Waals surface area contributed by atoms with E-state index < -0.39 is 4.92 Å². The Morgan fingerprint density at radius 2 is 1.90 bits per heavy atom. The summed E-state index contributed by atoms with van der Waals surface area (Å²) in [5, 5.41) is 16.8. The van der Waals surface area contributed by atoms with Gasteiger partial charge in [-0.25, -0.2) is 9.97 Å². The molecule has 0 fully saturated rings. The molecule has 0 aliphatic rings. The van der Waals surface area contributed by atoms with Crippen LogP contribution >= 0.6 is 0 Å². The average molecular weight is 292 g/mol. The highest BCUT2D eigenvalue weighted by Crippen LogP contribution is 2.26. The molecule has 0 radical (unpaired) electrons. The highest BCUT2D eigenvalue weighted by molar-refractivity contribution is 5.60. The molecule has 112 valence electrons. The van der Waals surface area contributed by atoms with Gasteiger partial charge in [-0.3, -0.25) is 10.1 Å². The number of aryl methyl sites for hydroxylation is 3. The van der Waals surface area contributed by atoms with Crippen LogP contribution in [0.5, 0.6) is 0 Å². The molecule has 0 aliphatic carbocycles. The molecule has 0 aliphatic heterocycles. The molecular weight excluding hydrogens is 276 g/mol. The van der Waals surface area contributed by atoms with E-state index in [4.69, 9.17) is 4.42 Å². The fourth-order valence-corrected chi connectivity index (χ4v) is 1.79.